The van der Waals surface area contributed by atoms with Crippen LogP contribution in [0, 0.1) is 5.41 Å². The first-order chi connectivity index (χ1) is 23.9. The van der Waals surface area contributed by atoms with E-state index < -0.39 is 17.0 Å². The smallest absolute Gasteiger partial charge is 0.327 e. The summed E-state index contributed by atoms with van der Waals surface area (Å²) >= 11 is 0. The molecule has 1 aliphatic heterocycles. The van der Waals surface area contributed by atoms with Gasteiger partial charge in [0.15, 0.2) is 0 Å². The predicted molar refractivity (Wildman–Crippen MR) is 191 cm³/mol. The van der Waals surface area contributed by atoms with Gasteiger partial charge in [-0.15, -0.1) is 5.10 Å². The summed E-state index contributed by atoms with van der Waals surface area (Å²) in [6, 6.07) is 15.1. The maximum atomic E-state index is 13.8. The minimum Gasteiger partial charge on any atom is -0.463 e. The molecule has 13 nitrogen and oxygen atoms in total. The molecule has 3 aromatic rings. The summed E-state index contributed by atoms with van der Waals surface area (Å²) in [4.78, 5) is 53.3. The van der Waals surface area contributed by atoms with Crippen LogP contribution in [0.2, 0.25) is 0 Å². The number of hydrogen-bond acceptors (Lipinski definition) is 9. The van der Waals surface area contributed by atoms with E-state index in [9.17, 15) is 19.2 Å². The molecule has 0 saturated carbocycles. The quantitative estimate of drug-likeness (QED) is 0.142. The van der Waals surface area contributed by atoms with Crippen LogP contribution < -0.4 is 20.9 Å². The number of para-hydroxylation sites is 1. The van der Waals surface area contributed by atoms with Gasteiger partial charge in [0.1, 0.15) is 18.8 Å². The molecule has 270 valence electrons. The first-order valence-corrected chi connectivity index (χ1v) is 17.3. The Morgan fingerprint density at radius 3 is 2.34 bits per heavy atom. The van der Waals surface area contributed by atoms with Crippen LogP contribution in [0.3, 0.4) is 0 Å². The molecule has 0 atom stereocenters. The molecule has 0 saturated heterocycles. The van der Waals surface area contributed by atoms with Gasteiger partial charge in [0, 0.05) is 55.6 Å². The predicted octanol–water partition coefficient (Wildman–Crippen LogP) is 3.86. The summed E-state index contributed by atoms with van der Waals surface area (Å²) < 4.78 is 13.0. The largest absolute Gasteiger partial charge is 0.463 e. The van der Waals surface area contributed by atoms with Crippen molar-refractivity contribution in [3.63, 3.8) is 0 Å². The second kappa shape index (κ2) is 17.3. The van der Waals surface area contributed by atoms with Crippen molar-refractivity contribution in [2.24, 2.45) is 5.41 Å². The normalized spacial score (nSPS) is 12.6. The van der Waals surface area contributed by atoms with Gasteiger partial charge >= 0.3 is 5.97 Å². The van der Waals surface area contributed by atoms with Crippen LogP contribution in [0.1, 0.15) is 65.9 Å². The molecule has 0 unspecified atom stereocenters. The zero-order chi connectivity index (χ0) is 36.3. The molecule has 1 aliphatic rings. The Morgan fingerprint density at radius 2 is 1.60 bits per heavy atom. The summed E-state index contributed by atoms with van der Waals surface area (Å²) in [5.41, 5.74) is 3.17. The number of fused-ring (bicyclic) bond motifs is 5. The van der Waals surface area contributed by atoms with Gasteiger partial charge in [0.2, 0.25) is 17.7 Å². The maximum Gasteiger partial charge on any atom is 0.327 e. The summed E-state index contributed by atoms with van der Waals surface area (Å²) in [5.74, 6) is -0.854. The summed E-state index contributed by atoms with van der Waals surface area (Å²) in [6.45, 7) is 11.9. The Kier molecular flexibility index (Phi) is 13.3. The van der Waals surface area contributed by atoms with E-state index in [1.807, 2.05) is 83.1 Å². The van der Waals surface area contributed by atoms with Crippen molar-refractivity contribution in [3.05, 3.63) is 54.1 Å². The summed E-state index contributed by atoms with van der Waals surface area (Å²) in [5, 5.41) is 17.5. The zero-order valence-electron chi connectivity index (χ0n) is 30.1. The van der Waals surface area contributed by atoms with Crippen LogP contribution in [-0.2, 0) is 41.7 Å². The van der Waals surface area contributed by atoms with Crippen LogP contribution in [-0.4, -0.2) is 84.2 Å². The number of nitrogens with one attached hydrogen (secondary N) is 3. The topological polar surface area (TPSA) is 157 Å². The van der Waals surface area contributed by atoms with Crippen LogP contribution in [0.25, 0.3) is 22.5 Å². The van der Waals surface area contributed by atoms with Crippen molar-refractivity contribution in [2.45, 2.75) is 79.0 Å². The molecule has 4 rings (SSSR count). The van der Waals surface area contributed by atoms with Gasteiger partial charge < -0.3 is 30.3 Å². The second-order valence-corrected chi connectivity index (χ2v) is 13.6. The van der Waals surface area contributed by atoms with Gasteiger partial charge in [0.05, 0.1) is 23.5 Å². The molecular weight excluding hydrogens is 638 g/mol. The van der Waals surface area contributed by atoms with Crippen LogP contribution in [0.15, 0.2) is 48.5 Å². The average molecular weight is 690 g/mol. The lowest BCUT2D eigenvalue weighted by molar-refractivity contribution is -0.144. The molecule has 2 aromatic carbocycles. The molecule has 1 aromatic heterocycles. The SMILES string of the molecule is CCNC(=O)C(C)(C)CCOC(C)(C)CCNC(=O)CCC(=O)N1Cc2ccccc2-c2c(nnn2CC(=O)OCCNC)-c2ccccc21. The molecule has 2 heterocycles. The third kappa shape index (κ3) is 9.97. The van der Waals surface area contributed by atoms with E-state index in [0.717, 1.165) is 11.1 Å². The highest BCUT2D eigenvalue weighted by atomic mass is 16.5. The van der Waals surface area contributed by atoms with Crippen LogP contribution in [0.4, 0.5) is 5.69 Å². The van der Waals surface area contributed by atoms with Gasteiger partial charge in [0.25, 0.3) is 0 Å². The number of carbonyl (C=O) groups excluding carboxylic acids is 4. The number of aromatic nitrogens is 3. The van der Waals surface area contributed by atoms with E-state index in [0.29, 0.717) is 61.7 Å². The van der Waals surface area contributed by atoms with Crippen molar-refractivity contribution in [1.29, 1.82) is 0 Å². The van der Waals surface area contributed by atoms with Crippen molar-refractivity contribution in [3.8, 4) is 22.5 Å². The number of esters is 1. The lowest BCUT2D eigenvalue weighted by Crippen LogP contribution is -2.39. The highest BCUT2D eigenvalue weighted by Gasteiger charge is 2.31. The van der Waals surface area contributed by atoms with Gasteiger partial charge in [-0.25, -0.2) is 4.68 Å². The first-order valence-electron chi connectivity index (χ1n) is 17.3. The highest BCUT2D eigenvalue weighted by Crippen LogP contribution is 2.41. The number of nitrogens with zero attached hydrogens (tertiary/aromatic N) is 4. The molecule has 50 heavy (non-hydrogen) atoms. The van der Waals surface area contributed by atoms with E-state index >= 15 is 0 Å². The molecule has 0 bridgehead atoms. The van der Waals surface area contributed by atoms with Gasteiger partial charge in [-0.2, -0.15) is 0 Å². The number of ether oxygens (including phenoxy) is 2. The number of carbonyl (C=O) groups is 4. The Bertz CT molecular complexity index is 1650. The molecule has 13 heteroatoms. The maximum absolute atomic E-state index is 13.8. The number of rotatable bonds is 17. The fourth-order valence-electron chi connectivity index (χ4n) is 5.70. The number of hydrogen-bond donors (Lipinski definition) is 3. The minimum absolute atomic E-state index is 0.000764. The zero-order valence-corrected chi connectivity index (χ0v) is 30.1. The molecule has 0 aliphatic carbocycles. The van der Waals surface area contributed by atoms with Crippen molar-refractivity contribution in [1.82, 2.24) is 30.9 Å². The van der Waals surface area contributed by atoms with Crippen LogP contribution in [0.5, 0.6) is 0 Å². The Balaban J connectivity index is 1.40. The number of benzene rings is 2. The lowest BCUT2D eigenvalue weighted by Gasteiger charge is -2.29. The molecular formula is C37H51N7O6. The van der Waals surface area contributed by atoms with Crippen molar-refractivity contribution in [2.75, 3.05) is 44.8 Å². The summed E-state index contributed by atoms with van der Waals surface area (Å²) in [7, 11) is 1.78. The van der Waals surface area contributed by atoms with Gasteiger partial charge in [-0.05, 0) is 52.3 Å². The van der Waals surface area contributed by atoms with E-state index in [-0.39, 0.29) is 50.3 Å². The third-order valence-corrected chi connectivity index (χ3v) is 8.77. The molecule has 0 radical (unpaired) electrons. The monoisotopic (exact) mass is 689 g/mol. The summed E-state index contributed by atoms with van der Waals surface area (Å²) in [6.07, 6.45) is 1.18. The van der Waals surface area contributed by atoms with Crippen molar-refractivity contribution >= 4 is 29.4 Å². The van der Waals surface area contributed by atoms with E-state index in [2.05, 4.69) is 26.3 Å². The Labute approximate surface area is 294 Å². The highest BCUT2D eigenvalue weighted by molar-refractivity contribution is 6.01. The van der Waals surface area contributed by atoms with E-state index in [4.69, 9.17) is 9.47 Å². The molecule has 0 spiro atoms. The van der Waals surface area contributed by atoms with Crippen LogP contribution >= 0.6 is 0 Å². The molecule has 0 fully saturated rings. The first kappa shape index (κ1) is 38.2. The fourth-order valence-corrected chi connectivity index (χ4v) is 5.70. The number of amides is 3. The van der Waals surface area contributed by atoms with Gasteiger partial charge in [-0.3, -0.25) is 19.2 Å². The second-order valence-electron chi connectivity index (χ2n) is 13.6. The van der Waals surface area contributed by atoms with Gasteiger partial charge in [-0.1, -0.05) is 61.5 Å². The Morgan fingerprint density at radius 1 is 0.880 bits per heavy atom. The molecule has 3 N–H and O–H groups in total. The minimum atomic E-state index is -0.537. The average Bonchev–Trinajstić information content (AvgIpc) is 3.47. The molecule has 3 amide bonds. The fraction of sp³-hybridized carbons (Fsp3) is 0.514. The van der Waals surface area contributed by atoms with E-state index in [1.165, 1.54) is 0 Å². The number of anilines is 1. The third-order valence-electron chi connectivity index (χ3n) is 8.77. The van der Waals surface area contributed by atoms with Crippen molar-refractivity contribution < 1.29 is 28.7 Å². The number of likely N-dealkylation sites (N-methyl/N-ethyl adjacent to an activating group) is 1. The lowest BCUT2D eigenvalue weighted by atomic mass is 9.88. The Hall–Kier alpha value is -4.62. The van der Waals surface area contributed by atoms with E-state index in [1.54, 1.807) is 16.6 Å². The standard InChI is InChI=1S/C37H51N7O6/c1-7-39-35(48)36(2,3)19-22-50-37(4,5)18-20-40-30(45)16-17-31(46)43-24-26-12-8-9-13-27(26)34-33(28-14-10-11-15-29(28)43)41-42-44(34)25-32(47)49-23-21-38-6/h8-15,38H,7,16-25H2,1-6H3,(H,39,48)(H,40,45).